The predicted octanol–water partition coefficient (Wildman–Crippen LogP) is 1.27. The summed E-state index contributed by atoms with van der Waals surface area (Å²) >= 11 is 6.06. The second-order valence-electron chi connectivity index (χ2n) is 3.83. The normalized spacial score (nSPS) is 12.6. The SMILES string of the molecule is C#CCNCC(=O)Nc1cc2c(cc1Cl)OCCO2. The summed E-state index contributed by atoms with van der Waals surface area (Å²) in [4.78, 5) is 11.6. The Hall–Kier alpha value is -1.90. The smallest absolute Gasteiger partial charge is 0.238 e. The zero-order chi connectivity index (χ0) is 13.7. The summed E-state index contributed by atoms with van der Waals surface area (Å²) in [5.41, 5.74) is 0.485. The summed E-state index contributed by atoms with van der Waals surface area (Å²) in [5, 5.41) is 5.87. The molecule has 1 amide bonds. The number of terminal acetylenes is 1. The van der Waals surface area contributed by atoms with Crippen molar-refractivity contribution in [2.45, 2.75) is 0 Å². The largest absolute Gasteiger partial charge is 0.486 e. The maximum Gasteiger partial charge on any atom is 0.238 e. The molecule has 0 saturated carbocycles. The number of hydrogen-bond acceptors (Lipinski definition) is 4. The first kappa shape index (κ1) is 13.5. The second-order valence-corrected chi connectivity index (χ2v) is 4.24. The van der Waals surface area contributed by atoms with Crippen LogP contribution in [-0.4, -0.2) is 32.2 Å². The first-order chi connectivity index (χ1) is 9.20. The number of carbonyl (C=O) groups excluding carboxylic acids is 1. The van der Waals surface area contributed by atoms with E-state index in [4.69, 9.17) is 27.5 Å². The van der Waals surface area contributed by atoms with E-state index in [1.807, 2.05) is 0 Å². The van der Waals surface area contributed by atoms with Crippen LogP contribution in [0.1, 0.15) is 0 Å². The van der Waals surface area contributed by atoms with Gasteiger partial charge in [-0.25, -0.2) is 0 Å². The number of halogens is 1. The number of anilines is 1. The highest BCUT2D eigenvalue weighted by molar-refractivity contribution is 6.34. The molecule has 6 heteroatoms. The molecule has 0 aromatic heterocycles. The minimum atomic E-state index is -0.228. The van der Waals surface area contributed by atoms with Gasteiger partial charge in [0.15, 0.2) is 11.5 Å². The summed E-state index contributed by atoms with van der Waals surface area (Å²) < 4.78 is 10.8. The summed E-state index contributed by atoms with van der Waals surface area (Å²) in [6.45, 7) is 1.42. The Bertz CT molecular complexity index is 525. The van der Waals surface area contributed by atoms with E-state index in [1.54, 1.807) is 12.1 Å². The number of amides is 1. The van der Waals surface area contributed by atoms with Crippen molar-refractivity contribution in [3.63, 3.8) is 0 Å². The number of carbonyl (C=O) groups is 1. The summed E-state index contributed by atoms with van der Waals surface area (Å²) in [5.74, 6) is 3.31. The first-order valence-corrected chi connectivity index (χ1v) is 6.11. The third kappa shape index (κ3) is 3.53. The molecule has 0 saturated heterocycles. The zero-order valence-corrected chi connectivity index (χ0v) is 10.9. The van der Waals surface area contributed by atoms with Crippen LogP contribution in [0.3, 0.4) is 0 Å². The Morgan fingerprint density at radius 3 is 2.74 bits per heavy atom. The van der Waals surface area contributed by atoms with E-state index in [-0.39, 0.29) is 12.5 Å². The molecule has 1 aromatic carbocycles. The van der Waals surface area contributed by atoms with Crippen LogP contribution in [0.15, 0.2) is 12.1 Å². The van der Waals surface area contributed by atoms with Gasteiger partial charge in [0, 0.05) is 12.1 Å². The molecule has 1 aliphatic rings. The maximum atomic E-state index is 11.6. The van der Waals surface area contributed by atoms with Gasteiger partial charge in [-0.1, -0.05) is 17.5 Å². The molecule has 5 nitrogen and oxygen atoms in total. The van der Waals surface area contributed by atoms with Crippen molar-refractivity contribution in [2.24, 2.45) is 0 Å². The number of benzene rings is 1. The van der Waals surface area contributed by atoms with Gasteiger partial charge in [-0.05, 0) is 0 Å². The lowest BCUT2D eigenvalue weighted by Gasteiger charge is -2.20. The molecule has 1 aromatic rings. The predicted molar refractivity (Wildman–Crippen MR) is 72.8 cm³/mol. The van der Waals surface area contributed by atoms with Crippen LogP contribution in [0, 0.1) is 12.3 Å². The van der Waals surface area contributed by atoms with E-state index in [0.29, 0.717) is 42.0 Å². The van der Waals surface area contributed by atoms with Crippen LogP contribution in [0.5, 0.6) is 11.5 Å². The molecular weight excluding hydrogens is 268 g/mol. The average molecular weight is 281 g/mol. The van der Waals surface area contributed by atoms with Crippen molar-refractivity contribution in [2.75, 3.05) is 31.6 Å². The number of fused-ring (bicyclic) bond motifs is 1. The van der Waals surface area contributed by atoms with E-state index >= 15 is 0 Å². The van der Waals surface area contributed by atoms with E-state index in [1.165, 1.54) is 0 Å². The summed E-state index contributed by atoms with van der Waals surface area (Å²) in [6, 6.07) is 3.27. The van der Waals surface area contributed by atoms with Crippen LogP contribution >= 0.6 is 11.6 Å². The Balaban J connectivity index is 2.04. The van der Waals surface area contributed by atoms with E-state index in [9.17, 15) is 4.79 Å². The van der Waals surface area contributed by atoms with Gasteiger partial charge in [-0.3, -0.25) is 10.1 Å². The average Bonchev–Trinajstić information content (AvgIpc) is 2.40. The first-order valence-electron chi connectivity index (χ1n) is 5.74. The van der Waals surface area contributed by atoms with E-state index in [0.717, 1.165) is 0 Å². The molecule has 2 N–H and O–H groups in total. The molecule has 0 spiro atoms. The monoisotopic (exact) mass is 280 g/mol. The topological polar surface area (TPSA) is 59.6 Å². The lowest BCUT2D eigenvalue weighted by molar-refractivity contribution is -0.115. The van der Waals surface area contributed by atoms with Crippen LogP contribution in [0.2, 0.25) is 5.02 Å². The van der Waals surface area contributed by atoms with Gasteiger partial charge < -0.3 is 14.8 Å². The fraction of sp³-hybridized carbons (Fsp3) is 0.308. The minimum Gasteiger partial charge on any atom is -0.486 e. The van der Waals surface area contributed by atoms with Crippen molar-refractivity contribution in [3.8, 4) is 23.8 Å². The van der Waals surface area contributed by atoms with Gasteiger partial charge in [0.05, 0.1) is 23.8 Å². The third-order valence-electron chi connectivity index (χ3n) is 2.42. The summed E-state index contributed by atoms with van der Waals surface area (Å²) in [7, 11) is 0. The van der Waals surface area contributed by atoms with Crippen LogP contribution in [0.25, 0.3) is 0 Å². The number of nitrogens with one attached hydrogen (secondary N) is 2. The van der Waals surface area contributed by atoms with Gasteiger partial charge in [0.2, 0.25) is 5.91 Å². The Kier molecular flexibility index (Phi) is 4.50. The molecule has 1 heterocycles. The lowest BCUT2D eigenvalue weighted by Crippen LogP contribution is -2.28. The maximum absolute atomic E-state index is 11.6. The zero-order valence-electron chi connectivity index (χ0n) is 10.2. The Labute approximate surface area is 116 Å². The molecule has 2 rings (SSSR count). The molecule has 19 heavy (non-hydrogen) atoms. The Morgan fingerprint density at radius 1 is 1.37 bits per heavy atom. The van der Waals surface area contributed by atoms with E-state index < -0.39 is 0 Å². The fourth-order valence-electron chi connectivity index (χ4n) is 1.60. The van der Waals surface area contributed by atoms with Crippen LogP contribution < -0.4 is 20.1 Å². The highest BCUT2D eigenvalue weighted by Gasteiger charge is 2.16. The van der Waals surface area contributed by atoms with Gasteiger partial charge in [-0.2, -0.15) is 0 Å². The third-order valence-corrected chi connectivity index (χ3v) is 2.73. The van der Waals surface area contributed by atoms with E-state index in [2.05, 4.69) is 16.6 Å². The van der Waals surface area contributed by atoms with Gasteiger partial charge in [0.1, 0.15) is 13.2 Å². The highest BCUT2D eigenvalue weighted by atomic mass is 35.5. The molecule has 0 unspecified atom stereocenters. The van der Waals surface area contributed by atoms with Gasteiger partial charge >= 0.3 is 0 Å². The standard InChI is InChI=1S/C13H13ClN2O3/c1-2-3-15-8-13(17)16-10-7-12-11(6-9(10)14)18-4-5-19-12/h1,6-7,15H,3-5,8H2,(H,16,17). The summed E-state index contributed by atoms with van der Waals surface area (Å²) in [6.07, 6.45) is 5.07. The quantitative estimate of drug-likeness (QED) is 0.644. The molecule has 1 aliphatic heterocycles. The molecule has 0 radical (unpaired) electrons. The molecule has 0 aliphatic carbocycles. The van der Waals surface area contributed by atoms with Crippen molar-refractivity contribution in [1.29, 1.82) is 0 Å². The van der Waals surface area contributed by atoms with Crippen molar-refractivity contribution in [3.05, 3.63) is 17.2 Å². The van der Waals surface area contributed by atoms with Crippen molar-refractivity contribution >= 4 is 23.2 Å². The van der Waals surface area contributed by atoms with Gasteiger partial charge in [0.25, 0.3) is 0 Å². The van der Waals surface area contributed by atoms with Crippen molar-refractivity contribution in [1.82, 2.24) is 5.32 Å². The molecule has 0 fully saturated rings. The second kappa shape index (κ2) is 6.32. The fourth-order valence-corrected chi connectivity index (χ4v) is 1.80. The molecule has 0 bridgehead atoms. The molecular formula is C13H13ClN2O3. The van der Waals surface area contributed by atoms with Crippen LogP contribution in [-0.2, 0) is 4.79 Å². The van der Waals surface area contributed by atoms with Gasteiger partial charge in [-0.15, -0.1) is 6.42 Å². The molecule has 100 valence electrons. The number of rotatable bonds is 4. The number of ether oxygens (including phenoxy) is 2. The Morgan fingerprint density at radius 2 is 2.05 bits per heavy atom. The van der Waals surface area contributed by atoms with Crippen molar-refractivity contribution < 1.29 is 14.3 Å². The molecule has 0 atom stereocenters. The van der Waals surface area contributed by atoms with Crippen LogP contribution in [0.4, 0.5) is 5.69 Å². The lowest BCUT2D eigenvalue weighted by atomic mass is 10.2. The number of hydrogen-bond donors (Lipinski definition) is 2. The minimum absolute atomic E-state index is 0.120. The highest BCUT2D eigenvalue weighted by Crippen LogP contribution is 2.37.